The second-order valence-corrected chi connectivity index (χ2v) is 9.12. The Morgan fingerprint density at radius 1 is 0.806 bits per heavy atom. The van der Waals surface area contributed by atoms with Crippen LogP contribution in [0, 0.1) is 13.8 Å². The van der Waals surface area contributed by atoms with Gasteiger partial charge in [0.2, 0.25) is 10.0 Å². The summed E-state index contributed by atoms with van der Waals surface area (Å²) in [6, 6.07) is 18.2. The molecule has 0 saturated carbocycles. The normalized spacial score (nSPS) is 11.2. The summed E-state index contributed by atoms with van der Waals surface area (Å²) in [4.78, 5) is 23.9. The highest BCUT2D eigenvalue weighted by atomic mass is 32.2. The summed E-state index contributed by atoms with van der Waals surface area (Å²) in [6.07, 6.45) is 0. The summed E-state index contributed by atoms with van der Waals surface area (Å²) in [6.45, 7) is 5.50. The van der Waals surface area contributed by atoms with E-state index in [4.69, 9.17) is 0 Å². The van der Waals surface area contributed by atoms with Crippen LogP contribution in [0.1, 0.15) is 44.3 Å². The monoisotopic (exact) mass is 436 g/mol. The molecule has 7 heteroatoms. The molecule has 0 bridgehead atoms. The third kappa shape index (κ3) is 5.65. The summed E-state index contributed by atoms with van der Waals surface area (Å²) in [7, 11) is -3.72. The highest BCUT2D eigenvalue weighted by molar-refractivity contribution is 7.89. The molecule has 0 saturated heterocycles. The minimum atomic E-state index is -3.72. The number of nitrogens with one attached hydrogen (secondary N) is 2. The van der Waals surface area contributed by atoms with Gasteiger partial charge in [-0.2, -0.15) is 0 Å². The van der Waals surface area contributed by atoms with Crippen molar-refractivity contribution in [3.05, 3.63) is 94.5 Å². The Hall–Kier alpha value is -3.29. The number of rotatable bonds is 7. The van der Waals surface area contributed by atoms with Crippen molar-refractivity contribution in [1.29, 1.82) is 0 Å². The van der Waals surface area contributed by atoms with Crippen LogP contribution in [-0.2, 0) is 16.6 Å². The van der Waals surface area contributed by atoms with Crippen LogP contribution in [0.25, 0.3) is 0 Å². The van der Waals surface area contributed by atoms with Gasteiger partial charge in [0.1, 0.15) is 0 Å². The Kier molecular flexibility index (Phi) is 6.68. The second kappa shape index (κ2) is 9.24. The third-order valence-corrected chi connectivity index (χ3v) is 6.44. The molecule has 0 aliphatic heterocycles. The van der Waals surface area contributed by atoms with Crippen LogP contribution in [0.4, 0.5) is 5.69 Å². The second-order valence-electron chi connectivity index (χ2n) is 7.36. The number of carbonyl (C=O) groups is 2. The van der Waals surface area contributed by atoms with E-state index in [2.05, 4.69) is 10.0 Å². The molecule has 0 fully saturated rings. The van der Waals surface area contributed by atoms with Crippen molar-refractivity contribution in [2.24, 2.45) is 0 Å². The maximum Gasteiger partial charge on any atom is 0.255 e. The summed E-state index contributed by atoms with van der Waals surface area (Å²) in [5.74, 6) is -0.362. The van der Waals surface area contributed by atoms with Gasteiger partial charge >= 0.3 is 0 Å². The molecule has 2 N–H and O–H groups in total. The molecule has 1 amide bonds. The lowest BCUT2D eigenvalue weighted by atomic mass is 10.1. The summed E-state index contributed by atoms with van der Waals surface area (Å²) in [5.41, 5.74) is 4.61. The molecule has 0 unspecified atom stereocenters. The van der Waals surface area contributed by atoms with Crippen LogP contribution in [0.3, 0.4) is 0 Å². The first-order chi connectivity index (χ1) is 14.7. The summed E-state index contributed by atoms with van der Waals surface area (Å²) >= 11 is 0. The van der Waals surface area contributed by atoms with Crippen LogP contribution < -0.4 is 10.0 Å². The zero-order valence-electron chi connectivity index (χ0n) is 17.6. The van der Waals surface area contributed by atoms with Gasteiger partial charge in [-0.25, -0.2) is 13.1 Å². The topological polar surface area (TPSA) is 92.3 Å². The molecule has 0 heterocycles. The van der Waals surface area contributed by atoms with Gasteiger partial charge < -0.3 is 5.32 Å². The summed E-state index contributed by atoms with van der Waals surface area (Å²) < 4.78 is 27.4. The Labute approximate surface area is 182 Å². The van der Waals surface area contributed by atoms with Crippen molar-refractivity contribution < 1.29 is 18.0 Å². The molecule has 0 spiro atoms. The Morgan fingerprint density at radius 2 is 1.42 bits per heavy atom. The number of aryl methyl sites for hydroxylation is 2. The van der Waals surface area contributed by atoms with Crippen LogP contribution in [0.15, 0.2) is 71.6 Å². The zero-order chi connectivity index (χ0) is 22.6. The van der Waals surface area contributed by atoms with Gasteiger partial charge in [0, 0.05) is 23.4 Å². The number of hydrogen-bond donors (Lipinski definition) is 2. The van der Waals surface area contributed by atoms with Crippen molar-refractivity contribution >= 4 is 27.4 Å². The van der Waals surface area contributed by atoms with Gasteiger partial charge in [-0.3, -0.25) is 9.59 Å². The number of ketones is 1. The largest absolute Gasteiger partial charge is 0.322 e. The quantitative estimate of drug-likeness (QED) is 0.542. The van der Waals surface area contributed by atoms with E-state index in [1.807, 2.05) is 32.0 Å². The van der Waals surface area contributed by atoms with Crippen molar-refractivity contribution in [2.45, 2.75) is 32.2 Å². The average molecular weight is 437 g/mol. The van der Waals surface area contributed by atoms with E-state index in [0.29, 0.717) is 16.7 Å². The van der Waals surface area contributed by atoms with Crippen LogP contribution in [0.5, 0.6) is 0 Å². The van der Waals surface area contributed by atoms with Crippen molar-refractivity contribution in [3.63, 3.8) is 0 Å². The third-order valence-electron chi connectivity index (χ3n) is 5.02. The fraction of sp³-hybridized carbons (Fsp3) is 0.167. The number of Topliss-reactive ketones (excluding diaryl/α,β-unsaturated/α-hetero) is 1. The predicted octanol–water partition coefficient (Wildman–Crippen LogP) is 4.24. The SMILES string of the molecule is CC(=O)c1ccc(S(=O)(=O)NCc2ccc(C(=O)Nc3ccc(C)c(C)c3)cc2)cc1. The van der Waals surface area contributed by atoms with Crippen molar-refractivity contribution in [2.75, 3.05) is 5.32 Å². The molecule has 0 aromatic heterocycles. The van der Waals surface area contributed by atoms with Gasteiger partial charge in [-0.1, -0.05) is 30.3 Å². The van der Waals surface area contributed by atoms with E-state index < -0.39 is 10.0 Å². The number of amides is 1. The van der Waals surface area contributed by atoms with Crippen molar-refractivity contribution in [3.8, 4) is 0 Å². The molecule has 6 nitrogen and oxygen atoms in total. The summed E-state index contributed by atoms with van der Waals surface area (Å²) in [5, 5.41) is 2.86. The average Bonchev–Trinajstić information content (AvgIpc) is 2.75. The highest BCUT2D eigenvalue weighted by Crippen LogP contribution is 2.16. The van der Waals surface area contributed by atoms with Crippen molar-refractivity contribution in [1.82, 2.24) is 4.72 Å². The maximum atomic E-state index is 12.5. The van der Waals surface area contributed by atoms with E-state index in [1.165, 1.54) is 31.2 Å². The van der Waals surface area contributed by atoms with Gasteiger partial charge in [-0.05, 0) is 73.9 Å². The first-order valence-corrected chi connectivity index (χ1v) is 11.2. The standard InChI is InChI=1S/C24H24N2O4S/c1-16-4-11-22(14-17(16)2)26-24(28)21-7-5-19(6-8-21)15-25-31(29,30)23-12-9-20(10-13-23)18(3)27/h4-14,25H,15H2,1-3H3,(H,26,28). The molecule has 0 atom stereocenters. The lowest BCUT2D eigenvalue weighted by Crippen LogP contribution is -2.23. The highest BCUT2D eigenvalue weighted by Gasteiger charge is 2.14. The zero-order valence-corrected chi connectivity index (χ0v) is 18.4. The number of carbonyl (C=O) groups excluding carboxylic acids is 2. The Morgan fingerprint density at radius 3 is 2.00 bits per heavy atom. The van der Waals surface area contributed by atoms with E-state index in [0.717, 1.165) is 16.8 Å². The van der Waals surface area contributed by atoms with E-state index in [1.54, 1.807) is 24.3 Å². The lowest BCUT2D eigenvalue weighted by Gasteiger charge is -2.09. The molecule has 3 rings (SSSR count). The van der Waals surface area contributed by atoms with Crippen LogP contribution >= 0.6 is 0 Å². The van der Waals surface area contributed by atoms with E-state index in [9.17, 15) is 18.0 Å². The van der Waals surface area contributed by atoms with Crippen LogP contribution in [0.2, 0.25) is 0 Å². The molecule has 31 heavy (non-hydrogen) atoms. The minimum Gasteiger partial charge on any atom is -0.322 e. The number of hydrogen-bond acceptors (Lipinski definition) is 4. The van der Waals surface area contributed by atoms with Gasteiger partial charge in [0.25, 0.3) is 5.91 Å². The van der Waals surface area contributed by atoms with Gasteiger partial charge in [0.15, 0.2) is 5.78 Å². The molecule has 3 aromatic carbocycles. The fourth-order valence-electron chi connectivity index (χ4n) is 2.93. The van der Waals surface area contributed by atoms with Gasteiger partial charge in [0.05, 0.1) is 4.90 Å². The molecule has 160 valence electrons. The molecule has 0 aliphatic carbocycles. The number of sulfonamides is 1. The predicted molar refractivity (Wildman–Crippen MR) is 121 cm³/mol. The van der Waals surface area contributed by atoms with Gasteiger partial charge in [-0.15, -0.1) is 0 Å². The molecule has 0 aliphatic rings. The Bertz CT molecular complexity index is 1220. The van der Waals surface area contributed by atoms with E-state index >= 15 is 0 Å². The fourth-order valence-corrected chi connectivity index (χ4v) is 3.94. The van der Waals surface area contributed by atoms with E-state index in [-0.39, 0.29) is 23.1 Å². The minimum absolute atomic E-state index is 0.0792. The number of benzene rings is 3. The molecule has 3 aromatic rings. The first-order valence-electron chi connectivity index (χ1n) is 9.74. The molecular formula is C24H24N2O4S. The maximum absolute atomic E-state index is 12.5. The smallest absolute Gasteiger partial charge is 0.255 e. The first kappa shape index (κ1) is 22.4. The lowest BCUT2D eigenvalue weighted by molar-refractivity contribution is 0.101. The number of anilines is 1. The Balaban J connectivity index is 1.62. The molecular weight excluding hydrogens is 412 g/mol. The van der Waals surface area contributed by atoms with Crippen LogP contribution in [-0.4, -0.2) is 20.1 Å². The molecule has 0 radical (unpaired) electrons.